The molecule has 4 aromatic rings. The Balaban J connectivity index is 0.000000822. The Morgan fingerprint density at radius 3 is 1.07 bits per heavy atom. The van der Waals surface area contributed by atoms with Crippen molar-refractivity contribution in [1.29, 1.82) is 0 Å². The number of hydrogen-bond acceptors (Lipinski definition) is 17. The summed E-state index contributed by atoms with van der Waals surface area (Å²) in [5.41, 5.74) is 7.53. The lowest BCUT2D eigenvalue weighted by molar-refractivity contribution is -0.147. The van der Waals surface area contributed by atoms with Crippen molar-refractivity contribution >= 4 is 72.4 Å². The molecule has 4 aromatic carbocycles. The molecule has 0 saturated carbocycles. The van der Waals surface area contributed by atoms with Crippen LogP contribution in [0.15, 0.2) is 121 Å². The number of hydrogen-bond donors (Lipinski definition) is 9. The fourth-order valence-corrected chi connectivity index (χ4v) is 9.24. The van der Waals surface area contributed by atoms with E-state index in [1.54, 1.807) is 55.4 Å². The molecule has 0 saturated heterocycles. The van der Waals surface area contributed by atoms with Gasteiger partial charge in [-0.1, -0.05) is 190 Å². The number of carboxylic acid groups (broad SMARTS) is 1. The Morgan fingerprint density at radius 1 is 0.429 bits per heavy atom. The molecule has 0 bridgehead atoms. The van der Waals surface area contributed by atoms with Gasteiger partial charge in [-0.3, -0.25) is 19.2 Å². The molecule has 0 aliphatic rings. The van der Waals surface area contributed by atoms with E-state index < -0.39 is 120 Å². The van der Waals surface area contributed by atoms with Crippen LogP contribution in [0.4, 0.5) is 19.2 Å². The molecule has 0 aliphatic heterocycles. The quantitative estimate of drug-likeness (QED) is 0.0167. The smallest absolute Gasteiger partial charge is 0.407 e. The number of aliphatic carboxylic acids is 1. The first-order chi connectivity index (χ1) is 45.6. The van der Waals surface area contributed by atoms with Gasteiger partial charge in [-0.2, -0.15) is 0 Å². The standard InChI is InChI=1S/C36H52N4O8.C24H30N2O6.C12H24N2O3.ClH/c1-9-24(4)31(32(42)40-30(23(2)3)33(43)46-8)39-29(41)21-28(37-34(44)47-22-26-18-14-11-15-19-26)27(20-25-16-12-10-13-17-25)38-35(45)48-36(5,6)7;1-24(2,3)32-23(30)26-19(14-17-10-6-4-7-11-17)20(15-21(27)28)25-22(29)31-16-18-12-8-5-9-13-18;1-6-8(4)9(13)11(15)14-10(7(2)3)12(16)17-5;/h10-19,23-24,27-28,30-31H,9,20-22H2,1-8H3,(H,37,44)(H,38,45)(H,39,41)(H,40,42);4-13,19-20H,14-16H2,1-3H3,(H,25,29)(H,26,30)(H,27,28);7-10H,6,13H2,1-5H3,(H,14,15);1H/t24-,27-,28-,30-,31-;19-,20-;8-,9-,10-;/m000./s1. The summed E-state index contributed by atoms with van der Waals surface area (Å²) in [5.74, 6) is -4.08. The molecule has 98 heavy (non-hydrogen) atoms. The summed E-state index contributed by atoms with van der Waals surface area (Å²) in [5, 5.41) is 28.5. The normalized spacial score (nSPS) is 14.0. The lowest BCUT2D eigenvalue weighted by Gasteiger charge is -2.31. The predicted molar refractivity (Wildman–Crippen MR) is 374 cm³/mol. The molecule has 4 rings (SSSR count). The van der Waals surface area contributed by atoms with E-state index in [0.717, 1.165) is 28.7 Å². The number of esters is 2. The predicted octanol–water partition coefficient (Wildman–Crippen LogP) is 9.64. The maximum Gasteiger partial charge on any atom is 0.407 e. The highest BCUT2D eigenvalue weighted by Gasteiger charge is 2.36. The van der Waals surface area contributed by atoms with E-state index in [1.807, 2.05) is 163 Å². The van der Waals surface area contributed by atoms with Crippen LogP contribution in [0.1, 0.15) is 145 Å². The van der Waals surface area contributed by atoms with Crippen molar-refractivity contribution in [3.05, 3.63) is 144 Å². The fourth-order valence-electron chi connectivity index (χ4n) is 9.24. The number of halogens is 1. The summed E-state index contributed by atoms with van der Waals surface area (Å²) in [7, 11) is 2.55. The lowest BCUT2D eigenvalue weighted by Crippen LogP contribution is -2.58. The highest BCUT2D eigenvalue weighted by Crippen LogP contribution is 2.18. The Labute approximate surface area is 584 Å². The van der Waals surface area contributed by atoms with Crippen LogP contribution in [-0.2, 0) is 83.2 Å². The molecule has 0 aliphatic carbocycles. The van der Waals surface area contributed by atoms with E-state index >= 15 is 0 Å². The Kier molecular flexibility index (Phi) is 39.8. The van der Waals surface area contributed by atoms with E-state index in [2.05, 4.69) is 42.0 Å². The number of carbonyl (C=O) groups is 10. The molecule has 10 atom stereocenters. The van der Waals surface area contributed by atoms with E-state index in [1.165, 1.54) is 14.2 Å². The molecule has 0 aromatic heterocycles. The molecule has 26 heteroatoms. The molecule has 0 heterocycles. The second kappa shape index (κ2) is 44.8. The molecule has 7 amide bonds. The van der Waals surface area contributed by atoms with Gasteiger partial charge in [0, 0.05) is 6.42 Å². The van der Waals surface area contributed by atoms with E-state index in [0.29, 0.717) is 6.42 Å². The molecule has 0 radical (unpaired) electrons. The largest absolute Gasteiger partial charge is 0.481 e. The van der Waals surface area contributed by atoms with Crippen LogP contribution in [0, 0.1) is 23.7 Å². The Hall–Kier alpha value is -8.97. The lowest BCUT2D eigenvalue weighted by atomic mass is 9.94. The number of rotatable bonds is 31. The van der Waals surface area contributed by atoms with Crippen molar-refractivity contribution in [2.75, 3.05) is 14.2 Å². The second-order valence-corrected chi connectivity index (χ2v) is 26.2. The topological polar surface area (TPSA) is 357 Å². The van der Waals surface area contributed by atoms with Gasteiger partial charge in [0.1, 0.15) is 42.5 Å². The van der Waals surface area contributed by atoms with E-state index in [9.17, 15) is 53.1 Å². The number of ether oxygens (including phenoxy) is 6. The van der Waals surface area contributed by atoms with Gasteiger partial charge in [0.15, 0.2) is 0 Å². The number of amides is 7. The number of benzene rings is 4. The molecule has 0 unspecified atom stereocenters. The van der Waals surface area contributed by atoms with Gasteiger partial charge >= 0.3 is 42.3 Å². The zero-order valence-corrected chi connectivity index (χ0v) is 60.4. The van der Waals surface area contributed by atoms with Crippen LogP contribution in [0.2, 0.25) is 0 Å². The maximum absolute atomic E-state index is 13.7. The summed E-state index contributed by atoms with van der Waals surface area (Å²) in [6.45, 7) is 25.2. The third-order valence-corrected chi connectivity index (χ3v) is 15.0. The summed E-state index contributed by atoms with van der Waals surface area (Å²) < 4.78 is 31.1. The molecular formula is C72H107ClN8O17. The third-order valence-electron chi connectivity index (χ3n) is 15.0. The summed E-state index contributed by atoms with van der Waals surface area (Å²) in [6, 6.07) is 30.1. The molecular weight excluding hydrogens is 1280 g/mol. The number of nitrogens with two attached hydrogens (primary N) is 1. The van der Waals surface area contributed by atoms with Crippen molar-refractivity contribution in [3.8, 4) is 0 Å². The second-order valence-electron chi connectivity index (χ2n) is 26.2. The van der Waals surface area contributed by atoms with Crippen LogP contribution in [0.3, 0.4) is 0 Å². The van der Waals surface area contributed by atoms with Crippen LogP contribution in [0.5, 0.6) is 0 Å². The molecule has 0 spiro atoms. The summed E-state index contributed by atoms with van der Waals surface area (Å²) in [6.07, 6.45) is -1.84. The number of carboxylic acids is 1. The number of methoxy groups -OCH3 is 2. The first-order valence-electron chi connectivity index (χ1n) is 32.6. The van der Waals surface area contributed by atoms with Gasteiger partial charge in [-0.05, 0) is 100 Å². The highest BCUT2D eigenvalue weighted by molar-refractivity contribution is 5.91. The minimum atomic E-state index is -1.12. The minimum Gasteiger partial charge on any atom is -0.481 e. The number of nitrogens with one attached hydrogen (secondary N) is 7. The third kappa shape index (κ3) is 35.3. The average molecular weight is 1390 g/mol. The van der Waals surface area contributed by atoms with Crippen LogP contribution in [-0.4, -0.2) is 139 Å². The van der Waals surface area contributed by atoms with Crippen molar-refractivity contribution in [3.63, 3.8) is 0 Å². The maximum atomic E-state index is 13.7. The van der Waals surface area contributed by atoms with Crippen LogP contribution >= 0.6 is 12.4 Å². The average Bonchev–Trinajstić information content (AvgIpc) is 0.868. The van der Waals surface area contributed by atoms with Gasteiger partial charge in [-0.25, -0.2) is 28.8 Å². The fraction of sp³-hybridized carbons (Fsp3) is 0.528. The summed E-state index contributed by atoms with van der Waals surface area (Å²) >= 11 is 0. The monoisotopic (exact) mass is 1390 g/mol. The Morgan fingerprint density at radius 2 is 0.755 bits per heavy atom. The molecule has 544 valence electrons. The first-order valence-corrected chi connectivity index (χ1v) is 32.6. The molecule has 10 N–H and O–H groups in total. The highest BCUT2D eigenvalue weighted by atomic mass is 35.5. The van der Waals surface area contributed by atoms with Gasteiger partial charge in [0.05, 0.1) is 50.8 Å². The van der Waals surface area contributed by atoms with Gasteiger partial charge in [-0.15, -0.1) is 12.4 Å². The van der Waals surface area contributed by atoms with Crippen molar-refractivity contribution < 1.29 is 81.5 Å². The number of carbonyl (C=O) groups excluding carboxylic acids is 9. The molecule has 25 nitrogen and oxygen atoms in total. The first kappa shape index (κ1) is 87.0. The van der Waals surface area contributed by atoms with E-state index in [-0.39, 0.29) is 74.5 Å². The minimum absolute atomic E-state index is 0. The molecule has 0 fully saturated rings. The number of alkyl carbamates (subject to hydrolysis) is 4. The van der Waals surface area contributed by atoms with Crippen LogP contribution < -0.4 is 43.0 Å². The summed E-state index contributed by atoms with van der Waals surface area (Å²) in [4.78, 5) is 125. The van der Waals surface area contributed by atoms with E-state index in [4.69, 9.17) is 29.4 Å². The van der Waals surface area contributed by atoms with Crippen molar-refractivity contribution in [2.24, 2.45) is 29.4 Å². The van der Waals surface area contributed by atoms with Gasteiger partial charge < -0.3 is 76.5 Å². The zero-order valence-electron chi connectivity index (χ0n) is 59.6. The van der Waals surface area contributed by atoms with Crippen molar-refractivity contribution in [1.82, 2.24) is 37.2 Å². The van der Waals surface area contributed by atoms with Crippen molar-refractivity contribution in [2.45, 2.75) is 208 Å². The van der Waals surface area contributed by atoms with Gasteiger partial charge in [0.2, 0.25) is 17.7 Å². The van der Waals surface area contributed by atoms with Gasteiger partial charge in [0.25, 0.3) is 0 Å². The SMILES string of the molecule is CC(C)(C)OC(=O)N[C@@H](Cc1ccccc1)[C@H](CC(=O)O)NC(=O)OCc1ccccc1.CC[C@H](C)[C@H](N)C(=O)N[C@H](C(=O)OC)C(C)C.CC[C@H](C)[C@H](NC(=O)C[C@H](NC(=O)OCc1ccccc1)[C@H](Cc1ccccc1)NC(=O)OC(C)(C)C)C(=O)N[C@H](C(=O)OC)C(C)C.Cl. The van der Waals surface area contributed by atoms with Crippen LogP contribution in [0.25, 0.3) is 0 Å². The Bertz CT molecular complexity index is 3060. The zero-order chi connectivity index (χ0) is 73.0.